The first-order valence-electron chi connectivity index (χ1n) is 41.7. The van der Waals surface area contributed by atoms with Crippen molar-refractivity contribution in [3.63, 3.8) is 0 Å². The number of Topliss-reactive ketones (excluding diaryl/α,β-unsaturated/α-hetero) is 1. The molecule has 39 heteroatoms. The number of aromatic nitrogens is 4. The summed E-state index contributed by atoms with van der Waals surface area (Å²) in [6.45, 7) is 8.88. The van der Waals surface area contributed by atoms with Crippen molar-refractivity contribution in [1.82, 2.24) is 45.1 Å². The van der Waals surface area contributed by atoms with E-state index < -0.39 is 180 Å². The second-order valence-electron chi connectivity index (χ2n) is 35.4. The van der Waals surface area contributed by atoms with Crippen molar-refractivity contribution in [2.45, 2.75) is 217 Å². The number of benzene rings is 3. The molecule has 0 spiro atoms. The first-order chi connectivity index (χ1) is 59.1. The summed E-state index contributed by atoms with van der Waals surface area (Å²) in [6, 6.07) is 16.5. The number of aliphatic hydroxyl groups excluding tert-OH is 7. The van der Waals surface area contributed by atoms with E-state index in [2.05, 4.69) is 34.8 Å². The molecular formula is C86H107N11O26S2. The van der Waals surface area contributed by atoms with Crippen LogP contribution in [0.25, 0.3) is 21.3 Å². The molecule has 14 atom stereocenters. The Labute approximate surface area is 723 Å². The number of hydrogen-bond acceptors (Lipinski definition) is 28. The second kappa shape index (κ2) is 37.8. The van der Waals surface area contributed by atoms with Crippen LogP contribution in [0, 0.1) is 29.1 Å². The first kappa shape index (κ1) is 92.5. The van der Waals surface area contributed by atoms with Crippen LogP contribution in [-0.4, -0.2) is 290 Å². The minimum atomic E-state index is -4.44. The van der Waals surface area contributed by atoms with Gasteiger partial charge in [-0.25, -0.2) is 24.4 Å². The average molecular weight is 1770 g/mol. The molecule has 674 valence electrons. The Morgan fingerprint density at radius 3 is 2.22 bits per heavy atom. The number of ether oxygens (including phenoxy) is 4. The average Bonchev–Trinajstić information content (AvgIpc) is 1.10. The number of carboxylic acid groups (broad SMARTS) is 2. The predicted octanol–water partition coefficient (Wildman–Crippen LogP) is 3.04. The third-order valence-electron chi connectivity index (χ3n) is 25.2. The minimum Gasteiger partial charge on any atom is -0.479 e. The highest BCUT2D eigenvalue weighted by atomic mass is 32.2. The van der Waals surface area contributed by atoms with Crippen LogP contribution in [0.1, 0.15) is 147 Å². The zero-order valence-electron chi connectivity index (χ0n) is 70.0. The lowest BCUT2D eigenvalue weighted by Crippen LogP contribution is -2.64. The SMILES string of the molecule is Cc1c(-c2ccc(N3CCc4cccc(C(=O)Nc5nc6ccccc6s5)c4C3)nc2C(=O)O)cnn1CC12CC3(C)CC(C)(C1)CC(OCCN(CC[C@@H](O)[C@H](O)[C@H](O)CO)C(=O)OCc1ccc(CC(=O)[C@H](C)NC(=O)[C@@H](NC(=O)CN4C(=O)[C@@H](N5C(=O)C=CC5=O)C[C@H]4COCCS(=O)(=O)O)C(C)C)cc1CC[C@@H]1O[C@H](C(=O)O)[C@@H](O)[C@H](O)[C@H]1O)(C3)C2. The molecule has 0 radical (unpaired) electrons. The zero-order valence-corrected chi connectivity index (χ0v) is 71.7. The number of aromatic carboxylic acids is 1. The number of carboxylic acids is 2. The molecule has 7 amide bonds. The topological polar surface area (TPSA) is 537 Å². The number of likely N-dealkylation sites (tertiary alicyclic amines) is 1. The fraction of sp³-hybridized carbons (Fsp3) is 0.547. The lowest BCUT2D eigenvalue weighted by atomic mass is 9.39. The summed E-state index contributed by atoms with van der Waals surface area (Å²) in [7, 11) is -4.44. The molecule has 8 aliphatic rings. The van der Waals surface area contributed by atoms with E-state index in [4.69, 9.17) is 29.0 Å². The number of nitrogens with one attached hydrogen (secondary N) is 3. The number of pyridine rings is 1. The summed E-state index contributed by atoms with van der Waals surface area (Å²) in [5.74, 6) is -8.78. The van der Waals surface area contributed by atoms with Crippen molar-refractivity contribution in [2.24, 2.45) is 22.2 Å². The van der Waals surface area contributed by atoms with Crippen LogP contribution in [0.4, 0.5) is 15.7 Å². The van der Waals surface area contributed by atoms with Gasteiger partial charge in [-0.15, -0.1) is 0 Å². The number of aryl methyl sites for hydroxylation is 1. The molecular weight excluding hydrogens is 1670 g/mol. The number of amides is 7. The number of aliphatic carboxylic acids is 1. The third kappa shape index (κ3) is 20.9. The summed E-state index contributed by atoms with van der Waals surface area (Å²) < 4.78 is 59.1. The highest BCUT2D eigenvalue weighted by Gasteiger charge is 2.66. The van der Waals surface area contributed by atoms with Gasteiger partial charge in [0, 0.05) is 80.1 Å². The molecule has 6 aromatic rings. The Balaban J connectivity index is 0.681. The summed E-state index contributed by atoms with van der Waals surface area (Å²) in [4.78, 5) is 150. The summed E-state index contributed by atoms with van der Waals surface area (Å²) >= 11 is 1.38. The maximum Gasteiger partial charge on any atom is 0.410 e. The molecule has 125 heavy (non-hydrogen) atoms. The van der Waals surface area contributed by atoms with Crippen molar-refractivity contribution in [3.8, 4) is 11.1 Å². The fourth-order valence-corrected chi connectivity index (χ4v) is 21.4. The van der Waals surface area contributed by atoms with Gasteiger partial charge in [-0.05, 0) is 158 Å². The van der Waals surface area contributed by atoms with Gasteiger partial charge in [0.05, 0.1) is 85.0 Å². The Kier molecular flexibility index (Phi) is 28.0. The molecule has 14 rings (SSSR count). The van der Waals surface area contributed by atoms with E-state index in [1.54, 1.807) is 56.4 Å². The van der Waals surface area contributed by atoms with Gasteiger partial charge in [-0.3, -0.25) is 53.0 Å². The molecule has 4 bridgehead atoms. The van der Waals surface area contributed by atoms with Crippen LogP contribution in [0.2, 0.25) is 0 Å². The summed E-state index contributed by atoms with van der Waals surface area (Å²) in [5, 5.41) is 109. The van der Waals surface area contributed by atoms with Crippen LogP contribution in [0.3, 0.4) is 0 Å². The third-order valence-corrected chi connectivity index (χ3v) is 26.8. The number of aliphatic hydroxyl groups is 7. The molecule has 2 saturated heterocycles. The van der Waals surface area contributed by atoms with Gasteiger partial charge in [0.1, 0.15) is 55.0 Å². The molecule has 4 saturated carbocycles. The molecule has 4 aliphatic heterocycles. The van der Waals surface area contributed by atoms with Gasteiger partial charge in [-0.2, -0.15) is 13.5 Å². The highest BCUT2D eigenvalue weighted by Crippen LogP contribution is 2.72. The van der Waals surface area contributed by atoms with E-state index in [1.165, 1.54) is 23.2 Å². The van der Waals surface area contributed by atoms with Gasteiger partial charge in [0.15, 0.2) is 22.7 Å². The van der Waals surface area contributed by atoms with E-state index in [9.17, 15) is 107 Å². The van der Waals surface area contributed by atoms with Crippen LogP contribution in [0.5, 0.6) is 0 Å². The number of nitrogens with zero attached hydrogens (tertiary/aromatic N) is 8. The number of hydrogen-bond donors (Lipinski definition) is 13. The first-order valence-corrected chi connectivity index (χ1v) is 44.1. The van der Waals surface area contributed by atoms with E-state index in [0.29, 0.717) is 89.6 Å². The molecule has 13 N–H and O–H groups in total. The Bertz CT molecular complexity index is 5200. The number of anilines is 2. The van der Waals surface area contributed by atoms with Crippen molar-refractivity contribution in [1.29, 1.82) is 0 Å². The molecule has 6 fully saturated rings. The maximum absolute atomic E-state index is 14.7. The van der Waals surface area contributed by atoms with Gasteiger partial charge in [0.2, 0.25) is 17.7 Å². The maximum atomic E-state index is 14.7. The lowest BCUT2D eigenvalue weighted by Gasteiger charge is -2.69. The van der Waals surface area contributed by atoms with E-state index in [-0.39, 0.29) is 86.3 Å². The largest absolute Gasteiger partial charge is 0.479 e. The number of fused-ring (bicyclic) bond motifs is 2. The molecule has 3 aromatic carbocycles. The molecule has 2 unspecified atom stereocenters. The van der Waals surface area contributed by atoms with Crippen LogP contribution >= 0.6 is 11.3 Å². The standard InChI is InChI=1S/C86H107N11O26S2/c1-46(2)69(91-66(102)35-95-53(38-120-28-29-125(117,118)119)32-59(78(95)111)97-67(103)20-21-68(97)104)77(110)88-47(3)61(100)31-49-14-15-52(51(30-49)16-18-63-72(106)73(107)74(108)75(123-63)80(114)115)37-121-82(116)93(25-23-60(99)71(105)62(101)36-98)26-27-122-86-42-83(5)39-84(6,43-86)41-85(40-83,44-86)45-96-48(4)56(33-87-96)54-17-19-65(90-70(54)79(112)113)94-24-22-50-10-9-11-55(57(50)34-94)76(109)92-81-89-58-12-7-8-13-64(58)124-81/h7-15,17,19-21,30,33,46-47,53,59-60,62-63,69,71-75,98-99,101,105-108H,16,18,22-29,31-32,34-45H2,1-6H3,(H,88,110)(H,91,102)(H,112,113)(H,114,115)(H,89,92,109)(H,117,118,119)/t47-,53-,59-,60+,62+,63-,69-,71-,72-,73+,74-,75-,83?,84?,85?,86?/m0/s1. The van der Waals surface area contributed by atoms with Crippen molar-refractivity contribution in [3.05, 3.63) is 136 Å². The fourth-order valence-electron chi connectivity index (χ4n) is 20.2. The zero-order chi connectivity index (χ0) is 90.1. The van der Waals surface area contributed by atoms with Gasteiger partial charge >= 0.3 is 18.0 Å². The number of thiazole rings is 1. The molecule has 4 aliphatic carbocycles. The highest BCUT2D eigenvalue weighted by molar-refractivity contribution is 7.85. The number of carbonyl (C=O) groups excluding carboxylic acids is 8. The molecule has 37 nitrogen and oxygen atoms in total. The van der Waals surface area contributed by atoms with Gasteiger partial charge in [-0.1, -0.05) is 81.5 Å². The van der Waals surface area contributed by atoms with E-state index in [1.807, 2.05) is 52.9 Å². The summed E-state index contributed by atoms with van der Waals surface area (Å²) in [6.07, 6.45) is -7.64. The van der Waals surface area contributed by atoms with Gasteiger partial charge in [0.25, 0.3) is 27.8 Å². The smallest absolute Gasteiger partial charge is 0.410 e. The predicted molar refractivity (Wildman–Crippen MR) is 447 cm³/mol. The number of carbonyl (C=O) groups is 10. The Morgan fingerprint density at radius 1 is 0.808 bits per heavy atom. The number of ketones is 1. The van der Waals surface area contributed by atoms with Crippen LogP contribution < -0.4 is 20.9 Å². The summed E-state index contributed by atoms with van der Waals surface area (Å²) in [5.41, 5.74) is 4.08. The monoisotopic (exact) mass is 1770 g/mol. The quantitative estimate of drug-likeness (QED) is 0.0150. The lowest BCUT2D eigenvalue weighted by molar-refractivity contribution is -0.248. The van der Waals surface area contributed by atoms with E-state index in [0.717, 1.165) is 68.3 Å². The van der Waals surface area contributed by atoms with Crippen molar-refractivity contribution < 1.29 is 126 Å². The van der Waals surface area contributed by atoms with E-state index >= 15 is 0 Å². The van der Waals surface area contributed by atoms with Gasteiger partial charge < -0.3 is 90.2 Å². The number of imide groups is 1. The van der Waals surface area contributed by atoms with Crippen molar-refractivity contribution in [2.75, 3.05) is 68.6 Å². The number of para-hydroxylation sites is 1. The second-order valence-corrected chi connectivity index (χ2v) is 38.0. The Hall–Kier alpha value is -10.1. The van der Waals surface area contributed by atoms with Crippen LogP contribution in [0.15, 0.2) is 91.1 Å². The Morgan fingerprint density at radius 2 is 1.54 bits per heavy atom. The number of rotatable bonds is 38. The molecule has 7 heterocycles. The normalized spacial score (nSPS) is 25.8. The van der Waals surface area contributed by atoms with Crippen LogP contribution in [-0.2, 0) is 102 Å². The van der Waals surface area contributed by atoms with Crippen molar-refractivity contribution >= 4 is 102 Å². The minimum absolute atomic E-state index is 0.0494. The molecule has 3 aromatic heterocycles.